The first kappa shape index (κ1) is 25.9. The van der Waals surface area contributed by atoms with E-state index in [0.29, 0.717) is 40.4 Å². The van der Waals surface area contributed by atoms with Gasteiger partial charge < -0.3 is 10.6 Å². The number of H-pyrrole nitrogens is 1. The molecule has 0 bridgehead atoms. The molecule has 4 heterocycles. The maximum Gasteiger partial charge on any atom is 0.278 e. The lowest BCUT2D eigenvalue weighted by Gasteiger charge is -2.40. The number of nitrogens with two attached hydrogens (primary N) is 1. The van der Waals surface area contributed by atoms with Crippen LogP contribution >= 0.6 is 11.3 Å². The fourth-order valence-corrected chi connectivity index (χ4v) is 7.02. The molecule has 12 heteroatoms. The van der Waals surface area contributed by atoms with Crippen molar-refractivity contribution >= 4 is 34.2 Å². The molecule has 11 nitrogen and oxygen atoms in total. The molecule has 3 aliphatic rings. The Morgan fingerprint density at radius 2 is 1.92 bits per heavy atom. The first-order valence-corrected chi connectivity index (χ1v) is 14.6. The lowest BCUT2D eigenvalue weighted by molar-refractivity contribution is -0.132. The lowest BCUT2D eigenvalue weighted by Crippen LogP contribution is -2.52. The second kappa shape index (κ2) is 10.3. The number of hydrogen-bond acceptors (Lipinski definition) is 9. The second-order valence-corrected chi connectivity index (χ2v) is 12.3. The number of fused-ring (bicyclic) bond motifs is 3. The first-order chi connectivity index (χ1) is 18.8. The number of thiazole rings is 1. The Balaban J connectivity index is 1.09. The zero-order valence-corrected chi connectivity index (χ0v) is 23.3. The third-order valence-corrected chi connectivity index (χ3v) is 9.08. The number of nitrogens with one attached hydrogen (secondary N) is 2. The van der Waals surface area contributed by atoms with Crippen LogP contribution in [0.25, 0.3) is 11.4 Å². The molecule has 0 aromatic carbocycles. The summed E-state index contributed by atoms with van der Waals surface area (Å²) in [5.41, 5.74) is 9.57. The van der Waals surface area contributed by atoms with Crippen LogP contribution in [0, 0.1) is 0 Å². The maximum atomic E-state index is 13.3. The Hall–Kier alpha value is -3.38. The van der Waals surface area contributed by atoms with Crippen molar-refractivity contribution in [2.75, 3.05) is 37.2 Å². The van der Waals surface area contributed by atoms with E-state index in [-0.39, 0.29) is 29.6 Å². The SMILES string of the molecule is CC1(C)Cc2cnc(N)nc2-c2[nH]nc(C(=O)Nc3nc(CC(=O)N4CCN(C5CCCCC5)CC4)cs3)c21. The van der Waals surface area contributed by atoms with E-state index in [1.165, 1.54) is 43.4 Å². The number of nitrogen functional groups attached to an aromatic ring is 1. The van der Waals surface area contributed by atoms with Crippen LogP contribution in [0.3, 0.4) is 0 Å². The van der Waals surface area contributed by atoms with E-state index >= 15 is 0 Å². The fraction of sp³-hybridized carbons (Fsp3) is 0.556. The van der Waals surface area contributed by atoms with Crippen molar-refractivity contribution in [3.05, 3.63) is 34.1 Å². The third kappa shape index (κ3) is 5.14. The molecule has 0 unspecified atom stereocenters. The van der Waals surface area contributed by atoms with Crippen LogP contribution in [-0.2, 0) is 23.1 Å². The molecule has 0 atom stereocenters. The van der Waals surface area contributed by atoms with Gasteiger partial charge in [-0.25, -0.2) is 15.0 Å². The van der Waals surface area contributed by atoms with Gasteiger partial charge in [-0.2, -0.15) is 5.10 Å². The topological polar surface area (TPSA) is 146 Å². The minimum Gasteiger partial charge on any atom is -0.368 e. The van der Waals surface area contributed by atoms with E-state index < -0.39 is 0 Å². The van der Waals surface area contributed by atoms with Crippen molar-refractivity contribution < 1.29 is 9.59 Å². The van der Waals surface area contributed by atoms with Crippen LogP contribution in [0.5, 0.6) is 0 Å². The molecule has 39 heavy (non-hydrogen) atoms. The van der Waals surface area contributed by atoms with Crippen LogP contribution < -0.4 is 11.1 Å². The van der Waals surface area contributed by atoms with Gasteiger partial charge in [-0.1, -0.05) is 33.1 Å². The predicted molar refractivity (Wildman–Crippen MR) is 150 cm³/mol. The summed E-state index contributed by atoms with van der Waals surface area (Å²) in [6, 6.07) is 0.688. The summed E-state index contributed by atoms with van der Waals surface area (Å²) < 4.78 is 0. The Morgan fingerprint density at radius 1 is 1.15 bits per heavy atom. The highest BCUT2D eigenvalue weighted by Crippen LogP contribution is 2.42. The van der Waals surface area contributed by atoms with E-state index in [0.717, 1.165) is 37.3 Å². The number of nitrogens with zero attached hydrogens (tertiary/aromatic N) is 6. The largest absolute Gasteiger partial charge is 0.368 e. The summed E-state index contributed by atoms with van der Waals surface area (Å²) in [7, 11) is 0. The van der Waals surface area contributed by atoms with E-state index in [1.54, 1.807) is 6.20 Å². The zero-order valence-electron chi connectivity index (χ0n) is 22.5. The molecule has 6 rings (SSSR count). The summed E-state index contributed by atoms with van der Waals surface area (Å²) in [6.45, 7) is 7.56. The summed E-state index contributed by atoms with van der Waals surface area (Å²) >= 11 is 1.31. The smallest absolute Gasteiger partial charge is 0.278 e. The molecule has 4 N–H and O–H groups in total. The van der Waals surface area contributed by atoms with Crippen molar-refractivity contribution in [1.29, 1.82) is 0 Å². The number of amides is 2. The molecule has 1 saturated heterocycles. The van der Waals surface area contributed by atoms with Gasteiger partial charge in [0.1, 0.15) is 0 Å². The van der Waals surface area contributed by atoms with Gasteiger partial charge >= 0.3 is 0 Å². The average Bonchev–Trinajstić information content (AvgIpc) is 3.58. The van der Waals surface area contributed by atoms with Gasteiger partial charge in [-0.3, -0.25) is 24.9 Å². The van der Waals surface area contributed by atoms with Gasteiger partial charge in [-0.05, 0) is 30.2 Å². The van der Waals surface area contributed by atoms with Crippen molar-refractivity contribution in [2.45, 2.75) is 70.3 Å². The van der Waals surface area contributed by atoms with Crippen LogP contribution in [-0.4, -0.2) is 79.0 Å². The predicted octanol–water partition coefficient (Wildman–Crippen LogP) is 3.01. The van der Waals surface area contributed by atoms with Crippen molar-refractivity contribution in [1.82, 2.24) is 34.9 Å². The minimum atomic E-state index is -0.358. The van der Waals surface area contributed by atoms with E-state index in [9.17, 15) is 9.59 Å². The van der Waals surface area contributed by atoms with Crippen molar-refractivity contribution in [3.8, 4) is 11.4 Å². The quantitative estimate of drug-likeness (QED) is 0.440. The van der Waals surface area contributed by atoms with E-state index in [2.05, 4.69) is 49.2 Å². The molecule has 2 fully saturated rings. The molecular formula is C27H35N9O2S. The molecule has 0 radical (unpaired) electrons. The molecule has 0 spiro atoms. The number of piperazine rings is 1. The van der Waals surface area contributed by atoms with Crippen molar-refractivity contribution in [2.24, 2.45) is 0 Å². The average molecular weight is 550 g/mol. The van der Waals surface area contributed by atoms with Crippen molar-refractivity contribution in [3.63, 3.8) is 0 Å². The molecule has 3 aromatic rings. The highest BCUT2D eigenvalue weighted by Gasteiger charge is 2.38. The molecule has 1 saturated carbocycles. The molecular weight excluding hydrogens is 514 g/mol. The zero-order chi connectivity index (χ0) is 27.1. The van der Waals surface area contributed by atoms with Crippen LogP contribution in [0.15, 0.2) is 11.6 Å². The van der Waals surface area contributed by atoms with Gasteiger partial charge in [0.25, 0.3) is 5.91 Å². The van der Waals surface area contributed by atoms with E-state index in [1.807, 2.05) is 10.3 Å². The maximum absolute atomic E-state index is 13.3. The summed E-state index contributed by atoms with van der Waals surface area (Å²) in [6.07, 6.45) is 9.21. The number of hydrogen-bond donors (Lipinski definition) is 3. The second-order valence-electron chi connectivity index (χ2n) is 11.5. The van der Waals surface area contributed by atoms with E-state index in [4.69, 9.17) is 5.73 Å². The van der Waals surface area contributed by atoms with Gasteiger partial charge in [0.15, 0.2) is 10.8 Å². The molecule has 1 aliphatic heterocycles. The highest BCUT2D eigenvalue weighted by molar-refractivity contribution is 7.14. The van der Waals surface area contributed by atoms with Gasteiger partial charge in [-0.15, -0.1) is 11.3 Å². The molecule has 2 amide bonds. The Kier molecular flexibility index (Phi) is 6.84. The summed E-state index contributed by atoms with van der Waals surface area (Å²) in [4.78, 5) is 43.8. The normalized spacial score (nSPS) is 19.4. The number of aromatic nitrogens is 5. The summed E-state index contributed by atoms with van der Waals surface area (Å²) in [5, 5.41) is 12.5. The Labute approximate surface area is 231 Å². The molecule has 3 aromatic heterocycles. The third-order valence-electron chi connectivity index (χ3n) is 8.27. The van der Waals surface area contributed by atoms with Crippen LogP contribution in [0.1, 0.15) is 73.3 Å². The van der Waals surface area contributed by atoms with Crippen LogP contribution in [0.4, 0.5) is 11.1 Å². The summed E-state index contributed by atoms with van der Waals surface area (Å²) in [5.74, 6) is -0.0856. The number of aromatic amines is 1. The number of rotatable bonds is 5. The standard InChI is InChI=1S/C27H35N9O2S/c1-27(2)13-16-14-29-25(28)31-21(16)22-20(27)23(34-33-22)24(38)32-26-30-17(15-39-26)12-19(37)36-10-8-35(9-11-36)18-6-4-3-5-7-18/h14-15,18H,3-13H2,1-2H3,(H,33,34)(H2,28,29,31)(H,30,32,38). The lowest BCUT2D eigenvalue weighted by atomic mass is 9.73. The van der Waals surface area contributed by atoms with Gasteiger partial charge in [0.2, 0.25) is 11.9 Å². The number of anilines is 2. The number of carbonyl (C=O) groups excluding carboxylic acids is 2. The molecule has 206 valence electrons. The minimum absolute atomic E-state index is 0.0875. The monoisotopic (exact) mass is 549 g/mol. The fourth-order valence-electron chi connectivity index (χ4n) is 6.32. The molecule has 2 aliphatic carbocycles. The number of carbonyl (C=O) groups is 2. The first-order valence-electron chi connectivity index (χ1n) is 13.8. The van der Waals surface area contributed by atoms with Crippen LogP contribution in [0.2, 0.25) is 0 Å². The highest BCUT2D eigenvalue weighted by atomic mass is 32.1. The Morgan fingerprint density at radius 3 is 2.69 bits per heavy atom. The Bertz CT molecular complexity index is 1380. The van der Waals surface area contributed by atoms with Gasteiger partial charge in [0.05, 0.1) is 23.5 Å². The van der Waals surface area contributed by atoms with Gasteiger partial charge in [0, 0.05) is 49.4 Å².